The summed E-state index contributed by atoms with van der Waals surface area (Å²) in [4.78, 5) is 12.4. The second kappa shape index (κ2) is 10.5. The van der Waals surface area contributed by atoms with E-state index in [0.29, 0.717) is 5.75 Å². The van der Waals surface area contributed by atoms with Gasteiger partial charge in [0.05, 0.1) is 15.5 Å². The Bertz CT molecular complexity index is 888. The van der Waals surface area contributed by atoms with Crippen molar-refractivity contribution in [2.75, 3.05) is 13.2 Å². The smallest absolute Gasteiger partial charge is 0.253 e. The van der Waals surface area contributed by atoms with Gasteiger partial charge in [0.2, 0.25) is 10.0 Å². The largest absolute Gasteiger partial charge is 0.492 e. The first kappa shape index (κ1) is 22.2. The van der Waals surface area contributed by atoms with Crippen LogP contribution < -0.4 is 14.8 Å². The Balaban J connectivity index is 2.01. The van der Waals surface area contributed by atoms with E-state index in [2.05, 4.69) is 10.0 Å². The molecule has 0 aliphatic rings. The summed E-state index contributed by atoms with van der Waals surface area (Å²) in [5, 5.41) is 3.03. The molecule has 2 N–H and O–H groups in total. The second-order valence-corrected chi connectivity index (χ2v) is 8.54. The Hall–Kier alpha value is -2.09. The number of para-hydroxylation sites is 1. The minimum absolute atomic E-state index is 0.0232. The maximum absolute atomic E-state index is 12.5. The molecule has 0 aromatic heterocycles. The van der Waals surface area contributed by atoms with Gasteiger partial charge in [-0.05, 0) is 43.7 Å². The number of halogens is 1. The minimum Gasteiger partial charge on any atom is -0.492 e. The molecule has 1 amide bonds. The van der Waals surface area contributed by atoms with E-state index in [-0.39, 0.29) is 34.7 Å². The lowest BCUT2D eigenvalue weighted by Gasteiger charge is -2.14. The first-order valence-corrected chi connectivity index (χ1v) is 11.0. The van der Waals surface area contributed by atoms with E-state index in [1.165, 1.54) is 18.2 Å². The standard InChI is InChI=1S/C20H25ClN2O4S/c1-3-7-15(2)23-20(24)18-14-17(10-11-19(18)21)28(25,26)22-12-13-27-16-8-5-4-6-9-16/h4-6,8-11,14-15,22H,3,7,12-13H2,1-2H3,(H,23,24). The van der Waals surface area contributed by atoms with Crippen molar-refractivity contribution in [2.45, 2.75) is 37.6 Å². The van der Waals surface area contributed by atoms with Gasteiger partial charge in [-0.1, -0.05) is 43.1 Å². The summed E-state index contributed by atoms with van der Waals surface area (Å²) in [5.74, 6) is 0.267. The van der Waals surface area contributed by atoms with E-state index >= 15 is 0 Å². The van der Waals surface area contributed by atoms with Crippen molar-refractivity contribution in [3.63, 3.8) is 0 Å². The van der Waals surface area contributed by atoms with E-state index in [1.807, 2.05) is 32.0 Å². The van der Waals surface area contributed by atoms with Crippen LogP contribution in [0.4, 0.5) is 0 Å². The van der Waals surface area contributed by atoms with Crippen LogP contribution in [0, 0.1) is 0 Å². The van der Waals surface area contributed by atoms with Crippen molar-refractivity contribution in [1.82, 2.24) is 10.0 Å². The highest BCUT2D eigenvalue weighted by Crippen LogP contribution is 2.21. The fraction of sp³-hybridized carbons (Fsp3) is 0.350. The van der Waals surface area contributed by atoms with Gasteiger partial charge in [0.25, 0.3) is 5.91 Å². The van der Waals surface area contributed by atoms with Gasteiger partial charge in [0.15, 0.2) is 0 Å². The van der Waals surface area contributed by atoms with E-state index in [4.69, 9.17) is 16.3 Å². The predicted molar refractivity (Wildman–Crippen MR) is 110 cm³/mol. The fourth-order valence-electron chi connectivity index (χ4n) is 2.60. The highest BCUT2D eigenvalue weighted by atomic mass is 35.5. The Labute approximate surface area is 171 Å². The zero-order valence-electron chi connectivity index (χ0n) is 15.9. The average molecular weight is 425 g/mol. The third-order valence-corrected chi connectivity index (χ3v) is 5.79. The summed E-state index contributed by atoms with van der Waals surface area (Å²) in [7, 11) is -3.79. The molecule has 0 aliphatic carbocycles. The number of carbonyl (C=O) groups excluding carboxylic acids is 1. The van der Waals surface area contributed by atoms with Gasteiger partial charge in [0, 0.05) is 12.6 Å². The SMILES string of the molecule is CCCC(C)NC(=O)c1cc(S(=O)(=O)NCCOc2ccccc2)ccc1Cl. The summed E-state index contributed by atoms with van der Waals surface area (Å²) in [6.45, 7) is 4.19. The van der Waals surface area contributed by atoms with Crippen LogP contribution in [0.1, 0.15) is 37.0 Å². The molecule has 2 aromatic rings. The van der Waals surface area contributed by atoms with Crippen LogP contribution in [0.5, 0.6) is 5.75 Å². The zero-order chi connectivity index (χ0) is 20.6. The lowest BCUT2D eigenvalue weighted by atomic mass is 10.1. The van der Waals surface area contributed by atoms with E-state index < -0.39 is 15.9 Å². The normalized spacial score (nSPS) is 12.4. The molecule has 0 saturated carbocycles. The zero-order valence-corrected chi connectivity index (χ0v) is 17.5. The molecular formula is C20H25ClN2O4S. The summed E-state index contributed by atoms with van der Waals surface area (Å²) in [6, 6.07) is 13.2. The molecule has 0 aliphatic heterocycles. The van der Waals surface area contributed by atoms with Crippen LogP contribution in [0.25, 0.3) is 0 Å². The molecular weight excluding hydrogens is 400 g/mol. The Kier molecular flexibility index (Phi) is 8.29. The molecule has 152 valence electrons. The summed E-state index contributed by atoms with van der Waals surface area (Å²) in [5.41, 5.74) is 0.132. The summed E-state index contributed by atoms with van der Waals surface area (Å²) in [6.07, 6.45) is 1.75. The molecule has 2 rings (SSSR count). The molecule has 1 unspecified atom stereocenters. The summed E-state index contributed by atoms with van der Waals surface area (Å²) < 4.78 is 33.0. The van der Waals surface area contributed by atoms with E-state index in [1.54, 1.807) is 12.1 Å². The van der Waals surface area contributed by atoms with E-state index in [0.717, 1.165) is 12.8 Å². The van der Waals surface area contributed by atoms with Gasteiger partial charge in [0.1, 0.15) is 12.4 Å². The van der Waals surface area contributed by atoms with Crippen molar-refractivity contribution in [3.05, 3.63) is 59.1 Å². The lowest BCUT2D eigenvalue weighted by Crippen LogP contribution is -2.33. The first-order valence-electron chi connectivity index (χ1n) is 9.11. The molecule has 0 saturated heterocycles. The molecule has 0 heterocycles. The maximum atomic E-state index is 12.5. The highest BCUT2D eigenvalue weighted by molar-refractivity contribution is 7.89. The maximum Gasteiger partial charge on any atom is 0.253 e. The Morgan fingerprint density at radius 2 is 1.89 bits per heavy atom. The molecule has 0 radical (unpaired) electrons. The van der Waals surface area contributed by atoms with Crippen molar-refractivity contribution in [2.24, 2.45) is 0 Å². The van der Waals surface area contributed by atoms with Crippen LogP contribution in [-0.4, -0.2) is 33.5 Å². The quantitative estimate of drug-likeness (QED) is 0.570. The number of hydrogen-bond donors (Lipinski definition) is 2. The lowest BCUT2D eigenvalue weighted by molar-refractivity contribution is 0.0938. The van der Waals surface area contributed by atoms with E-state index in [9.17, 15) is 13.2 Å². The van der Waals surface area contributed by atoms with Gasteiger partial charge in [-0.15, -0.1) is 0 Å². The highest BCUT2D eigenvalue weighted by Gasteiger charge is 2.19. The minimum atomic E-state index is -3.79. The molecule has 8 heteroatoms. The number of carbonyl (C=O) groups is 1. The molecule has 1 atom stereocenters. The number of rotatable bonds is 10. The predicted octanol–water partition coefficient (Wildman–Crippen LogP) is 3.62. The average Bonchev–Trinajstić information content (AvgIpc) is 2.66. The van der Waals surface area contributed by atoms with Crippen LogP contribution >= 0.6 is 11.6 Å². The second-order valence-electron chi connectivity index (χ2n) is 6.36. The van der Waals surface area contributed by atoms with Crippen molar-refractivity contribution in [3.8, 4) is 5.75 Å². The third-order valence-electron chi connectivity index (χ3n) is 4.00. The number of ether oxygens (including phenoxy) is 1. The Morgan fingerprint density at radius 3 is 2.57 bits per heavy atom. The number of hydrogen-bond acceptors (Lipinski definition) is 4. The Morgan fingerprint density at radius 1 is 1.18 bits per heavy atom. The topological polar surface area (TPSA) is 84.5 Å². The molecule has 28 heavy (non-hydrogen) atoms. The third kappa shape index (κ3) is 6.51. The number of benzene rings is 2. The molecule has 0 spiro atoms. The first-order chi connectivity index (χ1) is 13.3. The number of nitrogens with one attached hydrogen (secondary N) is 2. The van der Waals surface area contributed by atoms with Crippen LogP contribution in [0.15, 0.2) is 53.4 Å². The molecule has 2 aromatic carbocycles. The fourth-order valence-corrected chi connectivity index (χ4v) is 3.84. The number of sulfonamides is 1. The monoisotopic (exact) mass is 424 g/mol. The van der Waals surface area contributed by atoms with Gasteiger partial charge in [-0.2, -0.15) is 0 Å². The molecule has 0 fully saturated rings. The van der Waals surface area contributed by atoms with Crippen LogP contribution in [-0.2, 0) is 10.0 Å². The van der Waals surface area contributed by atoms with Crippen LogP contribution in [0.3, 0.4) is 0 Å². The van der Waals surface area contributed by atoms with Gasteiger partial charge >= 0.3 is 0 Å². The van der Waals surface area contributed by atoms with Crippen molar-refractivity contribution in [1.29, 1.82) is 0 Å². The van der Waals surface area contributed by atoms with Gasteiger partial charge in [-0.25, -0.2) is 13.1 Å². The van der Waals surface area contributed by atoms with Crippen molar-refractivity contribution < 1.29 is 17.9 Å². The molecule has 6 nitrogen and oxygen atoms in total. The van der Waals surface area contributed by atoms with Crippen molar-refractivity contribution >= 4 is 27.5 Å². The number of amides is 1. The summed E-state index contributed by atoms with van der Waals surface area (Å²) >= 11 is 6.10. The molecule has 0 bridgehead atoms. The van der Waals surface area contributed by atoms with Crippen LogP contribution in [0.2, 0.25) is 5.02 Å². The van der Waals surface area contributed by atoms with Gasteiger partial charge < -0.3 is 10.1 Å². The van der Waals surface area contributed by atoms with Gasteiger partial charge in [-0.3, -0.25) is 4.79 Å².